The molecule has 0 bridgehead atoms. The van der Waals surface area contributed by atoms with Gasteiger partial charge < -0.3 is 5.73 Å². The van der Waals surface area contributed by atoms with E-state index >= 15 is 0 Å². The number of hydrogen-bond donors (Lipinski definition) is 1. The summed E-state index contributed by atoms with van der Waals surface area (Å²) in [6.45, 7) is 0. The van der Waals surface area contributed by atoms with E-state index in [1.165, 1.54) is 12.4 Å². The van der Waals surface area contributed by atoms with E-state index in [0.29, 0.717) is 26.9 Å². The number of alkyl halides is 3. The molecular weight excluding hydrogens is 347 g/mol. The normalized spacial score (nSPS) is 12.0. The van der Waals surface area contributed by atoms with Gasteiger partial charge in [-0.1, -0.05) is 0 Å². The SMILES string of the molecule is Nc1ccc2c(c1)ncn2-c1cc(C(F)(F)F)ccc1Br. The number of imidazole rings is 1. The van der Waals surface area contributed by atoms with Gasteiger partial charge in [-0.15, -0.1) is 0 Å². The first-order chi connectivity index (χ1) is 9.86. The zero-order chi connectivity index (χ0) is 15.2. The van der Waals surface area contributed by atoms with Crippen molar-refractivity contribution in [2.24, 2.45) is 0 Å². The molecule has 0 saturated carbocycles. The fraction of sp³-hybridized carbons (Fsp3) is 0.0714. The highest BCUT2D eigenvalue weighted by Gasteiger charge is 2.31. The summed E-state index contributed by atoms with van der Waals surface area (Å²) in [6, 6.07) is 8.58. The molecule has 2 aromatic carbocycles. The third kappa shape index (κ3) is 2.49. The molecule has 21 heavy (non-hydrogen) atoms. The summed E-state index contributed by atoms with van der Waals surface area (Å²) >= 11 is 3.28. The van der Waals surface area contributed by atoms with E-state index in [9.17, 15) is 13.2 Å². The zero-order valence-corrected chi connectivity index (χ0v) is 12.1. The minimum absolute atomic E-state index is 0.372. The van der Waals surface area contributed by atoms with E-state index < -0.39 is 11.7 Å². The number of benzene rings is 2. The molecule has 0 aliphatic carbocycles. The minimum Gasteiger partial charge on any atom is -0.399 e. The maximum atomic E-state index is 12.9. The summed E-state index contributed by atoms with van der Waals surface area (Å²) in [4.78, 5) is 4.17. The van der Waals surface area contributed by atoms with Crippen molar-refractivity contribution in [3.63, 3.8) is 0 Å². The Bertz CT molecular complexity index is 824. The lowest BCUT2D eigenvalue weighted by atomic mass is 10.2. The van der Waals surface area contributed by atoms with E-state index in [1.54, 1.807) is 22.8 Å². The molecule has 0 spiro atoms. The van der Waals surface area contributed by atoms with Crippen LogP contribution in [0.4, 0.5) is 18.9 Å². The molecule has 108 valence electrons. The number of aromatic nitrogens is 2. The van der Waals surface area contributed by atoms with Gasteiger partial charge in [0.2, 0.25) is 0 Å². The highest BCUT2D eigenvalue weighted by Crippen LogP contribution is 2.34. The lowest BCUT2D eigenvalue weighted by Gasteiger charge is -2.12. The quantitative estimate of drug-likeness (QED) is 0.658. The summed E-state index contributed by atoms with van der Waals surface area (Å²) in [5.41, 5.74) is 7.20. The van der Waals surface area contributed by atoms with Crippen molar-refractivity contribution in [3.8, 4) is 5.69 Å². The maximum absolute atomic E-state index is 12.9. The Labute approximate surface area is 126 Å². The second-order valence-electron chi connectivity index (χ2n) is 4.53. The predicted molar refractivity (Wildman–Crippen MR) is 78.2 cm³/mol. The van der Waals surface area contributed by atoms with Crippen molar-refractivity contribution in [3.05, 3.63) is 52.8 Å². The second-order valence-corrected chi connectivity index (χ2v) is 5.38. The highest BCUT2D eigenvalue weighted by atomic mass is 79.9. The lowest BCUT2D eigenvalue weighted by molar-refractivity contribution is -0.137. The van der Waals surface area contributed by atoms with Gasteiger partial charge in [-0.3, -0.25) is 4.57 Å². The Kier molecular flexibility index (Phi) is 3.16. The summed E-state index contributed by atoms with van der Waals surface area (Å²) in [5, 5.41) is 0. The molecule has 0 atom stereocenters. The summed E-state index contributed by atoms with van der Waals surface area (Å²) in [7, 11) is 0. The van der Waals surface area contributed by atoms with Crippen molar-refractivity contribution in [2.45, 2.75) is 6.18 Å². The summed E-state index contributed by atoms with van der Waals surface area (Å²) < 4.78 is 40.7. The fourth-order valence-electron chi connectivity index (χ4n) is 2.10. The third-order valence-corrected chi connectivity index (χ3v) is 3.77. The zero-order valence-electron chi connectivity index (χ0n) is 10.5. The van der Waals surface area contributed by atoms with E-state index in [2.05, 4.69) is 20.9 Å². The molecule has 2 N–H and O–H groups in total. The number of nitrogens with zero attached hydrogens (tertiary/aromatic N) is 2. The van der Waals surface area contributed by atoms with Crippen molar-refractivity contribution >= 4 is 32.7 Å². The summed E-state index contributed by atoms with van der Waals surface area (Å²) in [6.07, 6.45) is -2.92. The Balaban J connectivity index is 2.23. The van der Waals surface area contributed by atoms with Gasteiger partial charge in [0.25, 0.3) is 0 Å². The molecule has 0 saturated heterocycles. The first kappa shape index (κ1) is 13.9. The molecule has 3 aromatic rings. The Morgan fingerprint density at radius 1 is 1.10 bits per heavy atom. The molecule has 0 radical (unpaired) electrons. The molecule has 3 rings (SSSR count). The van der Waals surface area contributed by atoms with Gasteiger partial charge in [0.15, 0.2) is 0 Å². The average Bonchev–Trinajstić information content (AvgIpc) is 2.80. The number of nitrogens with two attached hydrogens (primary N) is 1. The van der Waals surface area contributed by atoms with Crippen molar-refractivity contribution < 1.29 is 13.2 Å². The Morgan fingerprint density at radius 3 is 2.57 bits per heavy atom. The fourth-order valence-corrected chi connectivity index (χ4v) is 2.53. The van der Waals surface area contributed by atoms with Gasteiger partial charge in [-0.25, -0.2) is 4.98 Å². The van der Waals surface area contributed by atoms with Crippen LogP contribution in [0.2, 0.25) is 0 Å². The Morgan fingerprint density at radius 2 is 1.86 bits per heavy atom. The van der Waals surface area contributed by atoms with Crippen LogP contribution in [-0.2, 0) is 6.18 Å². The second kappa shape index (κ2) is 4.77. The molecule has 0 aliphatic rings. The van der Waals surface area contributed by atoms with E-state index in [4.69, 9.17) is 5.73 Å². The lowest BCUT2D eigenvalue weighted by Crippen LogP contribution is -2.06. The van der Waals surface area contributed by atoms with Crippen LogP contribution in [0, 0.1) is 0 Å². The third-order valence-electron chi connectivity index (χ3n) is 3.10. The molecule has 0 aliphatic heterocycles. The molecule has 0 amide bonds. The first-order valence-corrected chi connectivity index (χ1v) is 6.75. The van der Waals surface area contributed by atoms with Crippen LogP contribution in [0.5, 0.6) is 0 Å². The van der Waals surface area contributed by atoms with E-state index in [1.807, 2.05) is 0 Å². The van der Waals surface area contributed by atoms with E-state index in [0.717, 1.165) is 12.1 Å². The molecule has 0 fully saturated rings. The molecule has 1 heterocycles. The first-order valence-electron chi connectivity index (χ1n) is 5.96. The number of fused-ring (bicyclic) bond motifs is 1. The van der Waals surface area contributed by atoms with Crippen molar-refractivity contribution in [2.75, 3.05) is 5.73 Å². The van der Waals surface area contributed by atoms with Crippen LogP contribution in [0.25, 0.3) is 16.7 Å². The van der Waals surface area contributed by atoms with Gasteiger partial charge in [-0.2, -0.15) is 13.2 Å². The Hall–Kier alpha value is -2.02. The van der Waals surface area contributed by atoms with Gasteiger partial charge in [0.05, 0.1) is 22.3 Å². The van der Waals surface area contributed by atoms with Crippen molar-refractivity contribution in [1.82, 2.24) is 9.55 Å². The monoisotopic (exact) mass is 355 g/mol. The number of halogens is 4. The molecule has 3 nitrogen and oxygen atoms in total. The van der Waals surface area contributed by atoms with Crippen LogP contribution in [0.3, 0.4) is 0 Å². The number of hydrogen-bond acceptors (Lipinski definition) is 2. The summed E-state index contributed by atoms with van der Waals surface area (Å²) in [5.74, 6) is 0. The van der Waals surface area contributed by atoms with Crippen LogP contribution in [0.15, 0.2) is 47.2 Å². The van der Waals surface area contributed by atoms with Crippen molar-refractivity contribution in [1.29, 1.82) is 0 Å². The highest BCUT2D eigenvalue weighted by molar-refractivity contribution is 9.10. The predicted octanol–water partition coefficient (Wildman–Crippen LogP) is 4.39. The maximum Gasteiger partial charge on any atom is 0.416 e. The number of anilines is 1. The number of rotatable bonds is 1. The van der Waals surface area contributed by atoms with Gasteiger partial charge in [-0.05, 0) is 52.3 Å². The van der Waals surface area contributed by atoms with Gasteiger partial charge in [0.1, 0.15) is 6.33 Å². The molecular formula is C14H9BrF3N3. The largest absolute Gasteiger partial charge is 0.416 e. The van der Waals surface area contributed by atoms with Gasteiger partial charge in [0, 0.05) is 10.2 Å². The standard InChI is InChI=1S/C14H9BrF3N3/c15-10-3-1-8(14(16,17)18)5-13(10)21-7-20-11-6-9(19)2-4-12(11)21/h1-7H,19H2. The molecule has 0 unspecified atom stereocenters. The smallest absolute Gasteiger partial charge is 0.399 e. The topological polar surface area (TPSA) is 43.8 Å². The van der Waals surface area contributed by atoms with Gasteiger partial charge >= 0.3 is 6.18 Å². The minimum atomic E-state index is -4.39. The number of nitrogen functional groups attached to an aromatic ring is 1. The molecule has 1 aromatic heterocycles. The van der Waals surface area contributed by atoms with Crippen LogP contribution in [-0.4, -0.2) is 9.55 Å². The van der Waals surface area contributed by atoms with E-state index in [-0.39, 0.29) is 0 Å². The van der Waals surface area contributed by atoms with Crippen LogP contribution >= 0.6 is 15.9 Å². The van der Waals surface area contributed by atoms with Crippen LogP contribution < -0.4 is 5.73 Å². The van der Waals surface area contributed by atoms with Crippen LogP contribution in [0.1, 0.15) is 5.56 Å². The average molecular weight is 356 g/mol. The molecule has 7 heteroatoms.